The standard InChI is InChI=1S/C21H18ClFN4O5S/c1-11-6-16-17(8-18(11)33(29,30)26-15-5-4-13(23)7-14(15)22)31-10-20(28)27(16)9-19-24-21(32-25-19)12-2-3-12/h4-8,12,26H,2-3,9-10H2,1H3. The molecule has 0 radical (unpaired) electrons. The minimum Gasteiger partial charge on any atom is -0.482 e. The maximum absolute atomic E-state index is 13.3. The minimum atomic E-state index is -4.08. The molecule has 5 rings (SSSR count). The SMILES string of the molecule is Cc1cc2c(cc1S(=O)(=O)Nc1ccc(F)cc1Cl)OCC(=O)N2Cc1noc(C2CC2)n1. The van der Waals surface area contributed by atoms with Crippen molar-refractivity contribution in [3.63, 3.8) is 0 Å². The van der Waals surface area contributed by atoms with Crippen molar-refractivity contribution in [2.45, 2.75) is 37.1 Å². The molecule has 0 unspecified atom stereocenters. The number of hydrogen-bond donors (Lipinski definition) is 1. The van der Waals surface area contributed by atoms with Crippen LogP contribution in [0.2, 0.25) is 5.02 Å². The van der Waals surface area contributed by atoms with Crippen LogP contribution in [0.3, 0.4) is 0 Å². The molecule has 9 nitrogen and oxygen atoms in total. The van der Waals surface area contributed by atoms with Crippen LogP contribution in [-0.2, 0) is 21.4 Å². The number of rotatable bonds is 6. The third-order valence-corrected chi connectivity index (χ3v) is 7.19. The van der Waals surface area contributed by atoms with Gasteiger partial charge in [-0.3, -0.25) is 14.4 Å². The van der Waals surface area contributed by atoms with Crippen LogP contribution in [0.5, 0.6) is 5.75 Å². The number of hydrogen-bond acceptors (Lipinski definition) is 7. The topological polar surface area (TPSA) is 115 Å². The first-order valence-electron chi connectivity index (χ1n) is 10.1. The minimum absolute atomic E-state index is 0.0384. The molecule has 1 amide bonds. The summed E-state index contributed by atoms with van der Waals surface area (Å²) >= 11 is 5.96. The van der Waals surface area contributed by atoms with Crippen LogP contribution in [0.25, 0.3) is 0 Å². The summed E-state index contributed by atoms with van der Waals surface area (Å²) in [6, 6.07) is 6.24. The van der Waals surface area contributed by atoms with Crippen LogP contribution in [0.1, 0.15) is 36.0 Å². The normalized spacial score (nSPS) is 15.8. The Kier molecular flexibility index (Phi) is 5.25. The summed E-state index contributed by atoms with van der Waals surface area (Å²) < 4.78 is 52.5. The molecule has 0 saturated heterocycles. The van der Waals surface area contributed by atoms with Crippen molar-refractivity contribution < 1.29 is 26.9 Å². The number of amides is 1. The number of fused-ring (bicyclic) bond motifs is 1. The molecule has 1 aliphatic heterocycles. The highest BCUT2D eigenvalue weighted by Crippen LogP contribution is 2.40. The van der Waals surface area contributed by atoms with Crippen LogP contribution in [0, 0.1) is 12.7 Å². The van der Waals surface area contributed by atoms with E-state index in [0.717, 1.165) is 25.0 Å². The second-order valence-electron chi connectivity index (χ2n) is 7.91. The average Bonchev–Trinajstić information content (AvgIpc) is 3.50. The Labute approximate surface area is 193 Å². The molecule has 12 heteroatoms. The molecule has 1 N–H and O–H groups in total. The Hall–Kier alpha value is -3.18. The summed E-state index contributed by atoms with van der Waals surface area (Å²) in [6.45, 7) is 1.40. The molecular weight excluding hydrogens is 475 g/mol. The van der Waals surface area contributed by atoms with Gasteiger partial charge < -0.3 is 9.26 Å². The Morgan fingerprint density at radius 1 is 1.27 bits per heavy atom. The fourth-order valence-corrected chi connectivity index (χ4v) is 5.13. The van der Waals surface area contributed by atoms with E-state index in [0.29, 0.717) is 23.0 Å². The highest BCUT2D eigenvalue weighted by atomic mass is 35.5. The van der Waals surface area contributed by atoms with Crippen LogP contribution in [0.4, 0.5) is 15.8 Å². The fourth-order valence-electron chi connectivity index (χ4n) is 3.54. The van der Waals surface area contributed by atoms with Gasteiger partial charge in [-0.05, 0) is 49.6 Å². The zero-order chi connectivity index (χ0) is 23.3. The van der Waals surface area contributed by atoms with E-state index >= 15 is 0 Å². The molecule has 2 aromatic carbocycles. The summed E-state index contributed by atoms with van der Waals surface area (Å²) in [6.07, 6.45) is 2.02. The first kappa shape index (κ1) is 21.7. The van der Waals surface area contributed by atoms with Crippen molar-refractivity contribution in [3.8, 4) is 5.75 Å². The molecule has 1 saturated carbocycles. The first-order chi connectivity index (χ1) is 15.7. The molecule has 1 fully saturated rings. The quantitative estimate of drug-likeness (QED) is 0.557. The zero-order valence-corrected chi connectivity index (χ0v) is 18.9. The number of ether oxygens (including phenoxy) is 1. The Balaban J connectivity index is 1.45. The van der Waals surface area contributed by atoms with Gasteiger partial charge in [0.2, 0.25) is 5.89 Å². The Bertz CT molecular complexity index is 1370. The third kappa shape index (κ3) is 4.25. The number of anilines is 2. The number of sulfonamides is 1. The van der Waals surface area contributed by atoms with Gasteiger partial charge in [-0.25, -0.2) is 12.8 Å². The maximum atomic E-state index is 13.3. The molecule has 1 aromatic heterocycles. The summed E-state index contributed by atoms with van der Waals surface area (Å²) in [4.78, 5) is 18.3. The van der Waals surface area contributed by atoms with E-state index in [1.165, 1.54) is 17.0 Å². The predicted octanol–water partition coefficient (Wildman–Crippen LogP) is 3.77. The lowest BCUT2D eigenvalue weighted by Crippen LogP contribution is -2.38. The first-order valence-corrected chi connectivity index (χ1v) is 12.0. The van der Waals surface area contributed by atoms with Crippen LogP contribution in [-0.4, -0.2) is 31.1 Å². The number of nitrogens with zero attached hydrogens (tertiary/aromatic N) is 3. The van der Waals surface area contributed by atoms with Crippen LogP contribution >= 0.6 is 11.6 Å². The molecule has 0 spiro atoms. The van der Waals surface area contributed by atoms with Crippen molar-refractivity contribution in [2.24, 2.45) is 0 Å². The van der Waals surface area contributed by atoms with Crippen molar-refractivity contribution >= 4 is 38.9 Å². The van der Waals surface area contributed by atoms with Gasteiger partial charge in [0.1, 0.15) is 11.6 Å². The highest BCUT2D eigenvalue weighted by Gasteiger charge is 2.33. The second-order valence-corrected chi connectivity index (χ2v) is 9.96. The monoisotopic (exact) mass is 492 g/mol. The van der Waals surface area contributed by atoms with E-state index in [2.05, 4.69) is 14.9 Å². The smallest absolute Gasteiger partial charge is 0.265 e. The summed E-state index contributed by atoms with van der Waals surface area (Å²) in [7, 11) is -4.08. The van der Waals surface area contributed by atoms with E-state index < -0.39 is 15.8 Å². The molecule has 172 valence electrons. The highest BCUT2D eigenvalue weighted by molar-refractivity contribution is 7.92. The molecule has 0 bridgehead atoms. The molecule has 2 aliphatic rings. The number of halogens is 2. The van der Waals surface area contributed by atoms with Crippen molar-refractivity contribution in [1.82, 2.24) is 10.1 Å². The largest absolute Gasteiger partial charge is 0.482 e. The number of carbonyl (C=O) groups excluding carboxylic acids is 1. The molecule has 2 heterocycles. The Morgan fingerprint density at radius 3 is 2.79 bits per heavy atom. The predicted molar refractivity (Wildman–Crippen MR) is 116 cm³/mol. The van der Waals surface area contributed by atoms with Gasteiger partial charge in [-0.15, -0.1) is 0 Å². The van der Waals surface area contributed by atoms with Gasteiger partial charge in [-0.1, -0.05) is 16.8 Å². The van der Waals surface area contributed by atoms with Gasteiger partial charge in [0.25, 0.3) is 15.9 Å². The number of aryl methyl sites for hydroxylation is 1. The average molecular weight is 493 g/mol. The molecule has 1 aliphatic carbocycles. The van der Waals surface area contributed by atoms with Gasteiger partial charge in [-0.2, -0.15) is 4.98 Å². The number of carbonyl (C=O) groups is 1. The van der Waals surface area contributed by atoms with E-state index in [1.54, 1.807) is 13.0 Å². The van der Waals surface area contributed by atoms with E-state index in [-0.39, 0.29) is 46.3 Å². The van der Waals surface area contributed by atoms with Crippen LogP contribution < -0.4 is 14.4 Å². The van der Waals surface area contributed by atoms with Crippen molar-refractivity contribution in [1.29, 1.82) is 0 Å². The number of benzene rings is 2. The van der Waals surface area contributed by atoms with Gasteiger partial charge in [0.05, 0.1) is 27.8 Å². The van der Waals surface area contributed by atoms with E-state index in [9.17, 15) is 17.6 Å². The molecule has 0 atom stereocenters. The van der Waals surface area contributed by atoms with E-state index in [4.69, 9.17) is 20.9 Å². The Morgan fingerprint density at radius 2 is 2.06 bits per heavy atom. The van der Waals surface area contributed by atoms with Gasteiger partial charge >= 0.3 is 0 Å². The third-order valence-electron chi connectivity index (χ3n) is 5.37. The summed E-state index contributed by atoms with van der Waals surface area (Å²) in [5.74, 6) is 0.533. The number of aromatic nitrogens is 2. The molecular formula is C21H18ClFN4O5S. The second kappa shape index (κ2) is 7.99. The fraction of sp³-hybridized carbons (Fsp3) is 0.286. The lowest BCUT2D eigenvalue weighted by molar-refractivity contribution is -0.121. The maximum Gasteiger partial charge on any atom is 0.265 e. The lowest BCUT2D eigenvalue weighted by Gasteiger charge is -2.29. The van der Waals surface area contributed by atoms with Gasteiger partial charge in [0, 0.05) is 12.0 Å². The lowest BCUT2D eigenvalue weighted by atomic mass is 10.1. The van der Waals surface area contributed by atoms with E-state index in [1.807, 2.05) is 0 Å². The van der Waals surface area contributed by atoms with Gasteiger partial charge in [0.15, 0.2) is 12.4 Å². The number of nitrogens with one attached hydrogen (secondary N) is 1. The van der Waals surface area contributed by atoms with Crippen molar-refractivity contribution in [3.05, 3.63) is 58.5 Å². The zero-order valence-electron chi connectivity index (χ0n) is 17.3. The summed E-state index contributed by atoms with van der Waals surface area (Å²) in [5.41, 5.74) is 0.811. The summed E-state index contributed by atoms with van der Waals surface area (Å²) in [5, 5.41) is 3.88. The molecule has 3 aromatic rings. The van der Waals surface area contributed by atoms with Crippen molar-refractivity contribution in [2.75, 3.05) is 16.2 Å². The van der Waals surface area contributed by atoms with Crippen LogP contribution in [0.15, 0.2) is 39.8 Å². The molecule has 33 heavy (non-hydrogen) atoms.